The van der Waals surface area contributed by atoms with Gasteiger partial charge in [-0.25, -0.2) is 0 Å². The van der Waals surface area contributed by atoms with E-state index in [0.29, 0.717) is 32.3 Å². The molecule has 0 unspecified atom stereocenters. The minimum atomic E-state index is 0.392. The molecule has 0 bridgehead atoms. The second kappa shape index (κ2) is 5.27. The van der Waals surface area contributed by atoms with Crippen LogP contribution in [0, 0.1) is 6.92 Å². The van der Waals surface area contributed by atoms with Gasteiger partial charge >= 0.3 is 0 Å². The molecule has 0 spiro atoms. The summed E-state index contributed by atoms with van der Waals surface area (Å²) in [6.07, 6.45) is 0. The molecule has 0 aliphatic rings. The Hall–Kier alpha value is -1.09. The van der Waals surface area contributed by atoms with Gasteiger partial charge in [0.25, 0.3) is 0 Å². The molecule has 0 atom stereocenters. The average molecular weight is 303 g/mol. The van der Waals surface area contributed by atoms with E-state index in [1.165, 1.54) is 0 Å². The van der Waals surface area contributed by atoms with Crippen LogP contribution in [-0.2, 0) is 0 Å². The number of aryl methyl sites for hydroxylation is 1. The number of hydrogen-bond donors (Lipinski definition) is 1. The quantitative estimate of drug-likeness (QED) is 0.601. The largest absolute Gasteiger partial charge is 0.455 e. The maximum Gasteiger partial charge on any atom is 0.147 e. The van der Waals surface area contributed by atoms with Crippen LogP contribution in [0.4, 0.5) is 5.69 Å². The first-order valence-corrected chi connectivity index (χ1v) is 6.29. The number of halogens is 3. The summed E-state index contributed by atoms with van der Waals surface area (Å²) < 4.78 is 5.70. The first-order valence-electron chi connectivity index (χ1n) is 5.16. The molecule has 0 aliphatic heterocycles. The normalized spacial score (nSPS) is 10.4. The van der Waals surface area contributed by atoms with E-state index in [9.17, 15) is 0 Å². The van der Waals surface area contributed by atoms with E-state index < -0.39 is 0 Å². The molecule has 0 heterocycles. The Morgan fingerprint density at radius 3 is 2.22 bits per heavy atom. The van der Waals surface area contributed by atoms with Crippen molar-refractivity contribution in [3.8, 4) is 11.5 Å². The van der Waals surface area contributed by atoms with Crippen molar-refractivity contribution >= 4 is 40.5 Å². The lowest BCUT2D eigenvalue weighted by molar-refractivity contribution is 0.479. The standard InChI is InChI=1S/C13H10Cl3NO/c1-7-4-8(17)2-3-12(7)18-13-6-10(15)9(14)5-11(13)16/h2-6H,17H2,1H3. The second-order valence-electron chi connectivity index (χ2n) is 3.82. The van der Waals surface area contributed by atoms with E-state index in [-0.39, 0.29) is 0 Å². The Morgan fingerprint density at radius 1 is 0.889 bits per heavy atom. The van der Waals surface area contributed by atoms with Crippen LogP contribution in [0.3, 0.4) is 0 Å². The SMILES string of the molecule is Cc1cc(N)ccc1Oc1cc(Cl)c(Cl)cc1Cl. The lowest BCUT2D eigenvalue weighted by Crippen LogP contribution is -1.91. The van der Waals surface area contributed by atoms with Crippen molar-refractivity contribution in [1.29, 1.82) is 0 Å². The molecule has 2 N–H and O–H groups in total. The Balaban J connectivity index is 2.37. The van der Waals surface area contributed by atoms with Gasteiger partial charge in [-0.05, 0) is 36.8 Å². The summed E-state index contributed by atoms with van der Waals surface area (Å²) in [5, 5.41) is 1.19. The van der Waals surface area contributed by atoms with Crippen molar-refractivity contribution in [2.24, 2.45) is 0 Å². The summed E-state index contributed by atoms with van der Waals surface area (Å²) in [5.74, 6) is 1.13. The van der Waals surface area contributed by atoms with Gasteiger partial charge in [0, 0.05) is 11.8 Å². The Morgan fingerprint density at radius 2 is 1.56 bits per heavy atom. The fourth-order valence-corrected chi connectivity index (χ4v) is 2.06. The smallest absolute Gasteiger partial charge is 0.147 e. The number of nitrogen functional groups attached to an aromatic ring is 1. The van der Waals surface area contributed by atoms with E-state index in [4.69, 9.17) is 45.3 Å². The molecule has 0 amide bonds. The molecule has 2 rings (SSSR count). The lowest BCUT2D eigenvalue weighted by atomic mass is 10.2. The van der Waals surface area contributed by atoms with E-state index in [1.54, 1.807) is 24.3 Å². The molecular weight excluding hydrogens is 293 g/mol. The van der Waals surface area contributed by atoms with E-state index in [2.05, 4.69) is 0 Å². The van der Waals surface area contributed by atoms with Crippen LogP contribution < -0.4 is 10.5 Å². The fourth-order valence-electron chi connectivity index (χ4n) is 1.49. The van der Waals surface area contributed by atoms with Crippen molar-refractivity contribution < 1.29 is 4.74 Å². The van der Waals surface area contributed by atoms with Gasteiger partial charge < -0.3 is 10.5 Å². The Labute approximate surface area is 120 Å². The minimum Gasteiger partial charge on any atom is -0.455 e. The van der Waals surface area contributed by atoms with Crippen LogP contribution in [-0.4, -0.2) is 0 Å². The number of ether oxygens (including phenoxy) is 1. The summed E-state index contributed by atoms with van der Waals surface area (Å²) in [6, 6.07) is 8.49. The highest BCUT2D eigenvalue weighted by Crippen LogP contribution is 2.37. The molecule has 94 valence electrons. The molecule has 2 aromatic rings. The van der Waals surface area contributed by atoms with Crippen LogP contribution in [0.5, 0.6) is 11.5 Å². The van der Waals surface area contributed by atoms with Crippen molar-refractivity contribution in [1.82, 2.24) is 0 Å². The number of rotatable bonds is 2. The molecular formula is C13H10Cl3NO. The van der Waals surface area contributed by atoms with Crippen LogP contribution >= 0.6 is 34.8 Å². The highest BCUT2D eigenvalue weighted by Gasteiger charge is 2.09. The zero-order valence-electron chi connectivity index (χ0n) is 9.51. The Bertz CT molecular complexity index is 599. The highest BCUT2D eigenvalue weighted by molar-refractivity contribution is 6.43. The second-order valence-corrected chi connectivity index (χ2v) is 5.05. The maximum absolute atomic E-state index is 6.04. The number of benzene rings is 2. The number of anilines is 1. The molecule has 2 aromatic carbocycles. The van der Waals surface area contributed by atoms with Crippen molar-refractivity contribution in [2.75, 3.05) is 5.73 Å². The van der Waals surface area contributed by atoms with E-state index in [1.807, 2.05) is 13.0 Å². The van der Waals surface area contributed by atoms with Gasteiger partial charge in [0.1, 0.15) is 11.5 Å². The topological polar surface area (TPSA) is 35.2 Å². The van der Waals surface area contributed by atoms with Gasteiger partial charge in [-0.2, -0.15) is 0 Å². The molecule has 0 aromatic heterocycles. The highest BCUT2D eigenvalue weighted by atomic mass is 35.5. The number of hydrogen-bond acceptors (Lipinski definition) is 2. The molecule has 18 heavy (non-hydrogen) atoms. The molecule has 5 heteroatoms. The lowest BCUT2D eigenvalue weighted by Gasteiger charge is -2.11. The van der Waals surface area contributed by atoms with E-state index >= 15 is 0 Å². The monoisotopic (exact) mass is 301 g/mol. The van der Waals surface area contributed by atoms with Gasteiger partial charge in [0.2, 0.25) is 0 Å². The summed E-state index contributed by atoms with van der Waals surface area (Å²) in [5.41, 5.74) is 7.27. The molecule has 0 aliphatic carbocycles. The summed E-state index contributed by atoms with van der Waals surface area (Å²) in [7, 11) is 0. The first-order chi connectivity index (χ1) is 8.47. The summed E-state index contributed by atoms with van der Waals surface area (Å²) in [4.78, 5) is 0. The maximum atomic E-state index is 6.04. The number of nitrogens with two attached hydrogens (primary N) is 1. The van der Waals surface area contributed by atoms with Crippen LogP contribution in [0.1, 0.15) is 5.56 Å². The van der Waals surface area contributed by atoms with Gasteiger partial charge in [0.05, 0.1) is 15.1 Å². The summed E-state index contributed by atoms with van der Waals surface area (Å²) in [6.45, 7) is 1.90. The molecule has 0 saturated heterocycles. The Kier molecular flexibility index (Phi) is 3.91. The molecule has 0 fully saturated rings. The van der Waals surface area contributed by atoms with Gasteiger partial charge in [-0.15, -0.1) is 0 Å². The third kappa shape index (κ3) is 2.83. The van der Waals surface area contributed by atoms with E-state index in [0.717, 1.165) is 5.56 Å². The molecule has 0 saturated carbocycles. The third-order valence-corrected chi connectivity index (χ3v) is 3.41. The van der Waals surface area contributed by atoms with Crippen LogP contribution in [0.25, 0.3) is 0 Å². The zero-order chi connectivity index (χ0) is 13.3. The van der Waals surface area contributed by atoms with Crippen LogP contribution in [0.15, 0.2) is 30.3 Å². The van der Waals surface area contributed by atoms with Crippen molar-refractivity contribution in [3.63, 3.8) is 0 Å². The van der Waals surface area contributed by atoms with Crippen LogP contribution in [0.2, 0.25) is 15.1 Å². The molecule has 2 nitrogen and oxygen atoms in total. The zero-order valence-corrected chi connectivity index (χ0v) is 11.8. The third-order valence-electron chi connectivity index (χ3n) is 2.39. The average Bonchev–Trinajstić information content (AvgIpc) is 2.29. The fraction of sp³-hybridized carbons (Fsp3) is 0.0769. The first kappa shape index (κ1) is 13.3. The molecule has 0 radical (unpaired) electrons. The van der Waals surface area contributed by atoms with Gasteiger partial charge in [0.15, 0.2) is 0 Å². The predicted molar refractivity (Wildman–Crippen MR) is 77.1 cm³/mol. The predicted octanol–water partition coefficient (Wildman–Crippen LogP) is 5.33. The van der Waals surface area contributed by atoms with Gasteiger partial charge in [-0.3, -0.25) is 0 Å². The van der Waals surface area contributed by atoms with Crippen molar-refractivity contribution in [2.45, 2.75) is 6.92 Å². The van der Waals surface area contributed by atoms with Gasteiger partial charge in [-0.1, -0.05) is 34.8 Å². The summed E-state index contributed by atoms with van der Waals surface area (Å²) >= 11 is 17.8. The minimum absolute atomic E-state index is 0.392. The van der Waals surface area contributed by atoms with Crippen molar-refractivity contribution in [3.05, 3.63) is 51.0 Å².